The van der Waals surface area contributed by atoms with Crippen LogP contribution in [0.4, 0.5) is 4.39 Å². The highest BCUT2D eigenvalue weighted by atomic mass is 19.1. The molecular weight excluding hydrogens is 233 g/mol. The van der Waals surface area contributed by atoms with Crippen molar-refractivity contribution in [2.75, 3.05) is 7.11 Å². The average Bonchev–Trinajstić information content (AvgIpc) is 2.57. The fourth-order valence-electron chi connectivity index (χ4n) is 2.15. The lowest BCUT2D eigenvalue weighted by molar-refractivity contribution is -0.134. The summed E-state index contributed by atoms with van der Waals surface area (Å²) in [7, 11) is 1.58. The summed E-state index contributed by atoms with van der Waals surface area (Å²) in [4.78, 5) is 13.7. The molecule has 18 heavy (non-hydrogen) atoms. The average molecular weight is 249 g/mol. The zero-order valence-electron chi connectivity index (χ0n) is 10.7. The first-order chi connectivity index (χ1) is 8.54. The highest BCUT2D eigenvalue weighted by molar-refractivity contribution is 5.96. The molecule has 0 saturated carbocycles. The fourth-order valence-corrected chi connectivity index (χ4v) is 2.15. The van der Waals surface area contributed by atoms with E-state index < -0.39 is 0 Å². The van der Waals surface area contributed by atoms with Gasteiger partial charge in [-0.3, -0.25) is 4.79 Å². The number of halogens is 1. The maximum atomic E-state index is 12.8. The van der Waals surface area contributed by atoms with Crippen molar-refractivity contribution in [3.05, 3.63) is 46.8 Å². The maximum Gasteiger partial charge on any atom is 0.252 e. The van der Waals surface area contributed by atoms with Gasteiger partial charge in [0.05, 0.1) is 0 Å². The van der Waals surface area contributed by atoms with Gasteiger partial charge in [0, 0.05) is 19.2 Å². The summed E-state index contributed by atoms with van der Waals surface area (Å²) < 4.78 is 18.2. The molecule has 0 aromatic heterocycles. The van der Waals surface area contributed by atoms with E-state index in [9.17, 15) is 9.18 Å². The molecule has 1 aromatic rings. The molecule has 1 aliphatic rings. The predicted molar refractivity (Wildman–Crippen MR) is 66.1 cm³/mol. The van der Waals surface area contributed by atoms with Gasteiger partial charge in [-0.05, 0) is 37.1 Å². The van der Waals surface area contributed by atoms with Crippen molar-refractivity contribution in [3.8, 4) is 0 Å². The first-order valence-corrected chi connectivity index (χ1v) is 5.80. The Morgan fingerprint density at radius 2 is 1.89 bits per heavy atom. The second-order valence-corrected chi connectivity index (χ2v) is 4.46. The van der Waals surface area contributed by atoms with Gasteiger partial charge < -0.3 is 9.64 Å². The van der Waals surface area contributed by atoms with E-state index in [0.717, 1.165) is 16.7 Å². The summed E-state index contributed by atoms with van der Waals surface area (Å²) in [6.07, 6.45) is -0.317. The Bertz CT molecular complexity index is 493. The van der Waals surface area contributed by atoms with Crippen molar-refractivity contribution in [3.63, 3.8) is 0 Å². The molecule has 1 aliphatic heterocycles. The summed E-state index contributed by atoms with van der Waals surface area (Å²) in [5.41, 5.74) is 2.54. The minimum atomic E-state index is -0.317. The molecule has 0 radical (unpaired) electrons. The van der Waals surface area contributed by atoms with Gasteiger partial charge in [-0.1, -0.05) is 12.1 Å². The standard InChI is InChI=1S/C14H16FNO2/c1-9-10(2)14(18-3)16(13(9)17)8-11-4-6-12(15)7-5-11/h4-7,14H,8H2,1-3H3/t14-/m0/s1. The molecule has 1 heterocycles. The zero-order chi connectivity index (χ0) is 13.3. The number of rotatable bonds is 3. The number of amides is 1. The molecule has 0 saturated heterocycles. The lowest BCUT2D eigenvalue weighted by atomic mass is 10.2. The van der Waals surface area contributed by atoms with Crippen molar-refractivity contribution in [1.29, 1.82) is 0 Å². The van der Waals surface area contributed by atoms with E-state index in [-0.39, 0.29) is 18.0 Å². The van der Waals surface area contributed by atoms with E-state index in [1.807, 2.05) is 6.92 Å². The van der Waals surface area contributed by atoms with Gasteiger partial charge >= 0.3 is 0 Å². The van der Waals surface area contributed by atoms with Crippen molar-refractivity contribution in [1.82, 2.24) is 4.90 Å². The molecule has 1 aromatic carbocycles. The van der Waals surface area contributed by atoms with Crippen LogP contribution < -0.4 is 0 Å². The highest BCUT2D eigenvalue weighted by Crippen LogP contribution is 2.27. The molecular formula is C14H16FNO2. The second-order valence-electron chi connectivity index (χ2n) is 4.46. The van der Waals surface area contributed by atoms with E-state index in [1.165, 1.54) is 12.1 Å². The summed E-state index contributed by atoms with van der Waals surface area (Å²) in [6.45, 7) is 4.12. The molecule has 96 valence electrons. The Balaban J connectivity index is 2.19. The van der Waals surface area contributed by atoms with Crippen molar-refractivity contribution < 1.29 is 13.9 Å². The minimum absolute atomic E-state index is 0.0244. The van der Waals surface area contributed by atoms with Crippen LogP contribution in [0.1, 0.15) is 19.4 Å². The number of hydrogen-bond donors (Lipinski definition) is 0. The van der Waals surface area contributed by atoms with Crippen LogP contribution in [0, 0.1) is 5.82 Å². The smallest absolute Gasteiger partial charge is 0.252 e. The van der Waals surface area contributed by atoms with Gasteiger partial charge in [0.25, 0.3) is 5.91 Å². The van der Waals surface area contributed by atoms with Gasteiger partial charge in [-0.15, -0.1) is 0 Å². The number of hydrogen-bond acceptors (Lipinski definition) is 2. The van der Waals surface area contributed by atoms with Crippen molar-refractivity contribution in [2.45, 2.75) is 26.6 Å². The summed E-state index contributed by atoms with van der Waals surface area (Å²) in [5, 5.41) is 0. The van der Waals surface area contributed by atoms with E-state index in [2.05, 4.69) is 0 Å². The normalized spacial score (nSPS) is 19.9. The third kappa shape index (κ3) is 2.16. The van der Waals surface area contributed by atoms with Crippen LogP contribution in [-0.4, -0.2) is 24.1 Å². The van der Waals surface area contributed by atoms with Gasteiger partial charge in [0.15, 0.2) is 6.23 Å². The van der Waals surface area contributed by atoms with Gasteiger partial charge in [0.1, 0.15) is 5.82 Å². The first-order valence-electron chi connectivity index (χ1n) is 5.80. The van der Waals surface area contributed by atoms with Crippen LogP contribution in [0.25, 0.3) is 0 Å². The largest absolute Gasteiger partial charge is 0.357 e. The Morgan fingerprint density at radius 3 is 2.44 bits per heavy atom. The fraction of sp³-hybridized carbons (Fsp3) is 0.357. The van der Waals surface area contributed by atoms with Crippen molar-refractivity contribution in [2.24, 2.45) is 0 Å². The molecule has 0 bridgehead atoms. The predicted octanol–water partition coefficient (Wildman–Crippen LogP) is 2.48. The minimum Gasteiger partial charge on any atom is -0.357 e. The molecule has 0 spiro atoms. The molecule has 4 heteroatoms. The zero-order valence-corrected chi connectivity index (χ0v) is 10.7. The first kappa shape index (κ1) is 12.8. The topological polar surface area (TPSA) is 29.5 Å². The Hall–Kier alpha value is -1.68. The van der Waals surface area contributed by atoms with E-state index >= 15 is 0 Å². The van der Waals surface area contributed by atoms with Gasteiger partial charge in [-0.2, -0.15) is 0 Å². The summed E-state index contributed by atoms with van der Waals surface area (Å²) in [5.74, 6) is -0.302. The molecule has 1 atom stereocenters. The number of methoxy groups -OCH3 is 1. The maximum absolute atomic E-state index is 12.8. The number of ether oxygens (including phenoxy) is 1. The van der Waals surface area contributed by atoms with E-state index in [4.69, 9.17) is 4.74 Å². The molecule has 0 N–H and O–H groups in total. The van der Waals surface area contributed by atoms with Crippen LogP contribution in [0.15, 0.2) is 35.4 Å². The molecule has 0 aliphatic carbocycles. The molecule has 1 amide bonds. The van der Waals surface area contributed by atoms with E-state index in [1.54, 1.807) is 31.1 Å². The number of benzene rings is 1. The van der Waals surface area contributed by atoms with Crippen LogP contribution in [0.2, 0.25) is 0 Å². The lowest BCUT2D eigenvalue weighted by Crippen LogP contribution is -2.36. The second kappa shape index (κ2) is 4.90. The number of carbonyl (C=O) groups is 1. The molecule has 3 nitrogen and oxygen atoms in total. The van der Waals surface area contributed by atoms with Crippen LogP contribution in [-0.2, 0) is 16.1 Å². The van der Waals surface area contributed by atoms with Crippen LogP contribution in [0.3, 0.4) is 0 Å². The Morgan fingerprint density at radius 1 is 1.28 bits per heavy atom. The highest BCUT2D eigenvalue weighted by Gasteiger charge is 2.34. The Labute approximate surface area is 106 Å². The third-order valence-corrected chi connectivity index (χ3v) is 3.32. The third-order valence-electron chi connectivity index (χ3n) is 3.32. The van der Waals surface area contributed by atoms with Gasteiger partial charge in [0.2, 0.25) is 0 Å². The van der Waals surface area contributed by atoms with Crippen molar-refractivity contribution >= 4 is 5.91 Å². The van der Waals surface area contributed by atoms with E-state index in [0.29, 0.717) is 6.54 Å². The quantitative estimate of drug-likeness (QED) is 0.823. The number of carbonyl (C=O) groups excluding carboxylic acids is 1. The molecule has 0 unspecified atom stereocenters. The summed E-state index contributed by atoms with van der Waals surface area (Å²) >= 11 is 0. The van der Waals surface area contributed by atoms with Gasteiger partial charge in [-0.25, -0.2) is 4.39 Å². The lowest BCUT2D eigenvalue weighted by Gasteiger charge is -2.25. The van der Waals surface area contributed by atoms with Crippen LogP contribution in [0.5, 0.6) is 0 Å². The monoisotopic (exact) mass is 249 g/mol. The number of nitrogens with zero attached hydrogens (tertiary/aromatic N) is 1. The molecule has 0 fully saturated rings. The van der Waals surface area contributed by atoms with Crippen LogP contribution >= 0.6 is 0 Å². The molecule has 2 rings (SSSR count). The summed E-state index contributed by atoms with van der Waals surface area (Å²) in [6, 6.07) is 6.15. The SMILES string of the molecule is CO[C@H]1C(C)=C(C)C(=O)N1Cc1ccc(F)cc1. The Kier molecular flexibility index (Phi) is 3.48.